The van der Waals surface area contributed by atoms with Gasteiger partial charge in [-0.05, 0) is 55.1 Å². The Morgan fingerprint density at radius 2 is 1.76 bits per heavy atom. The van der Waals surface area contributed by atoms with Gasteiger partial charge in [0, 0.05) is 4.47 Å². The van der Waals surface area contributed by atoms with Crippen LogP contribution in [0.5, 0.6) is 5.75 Å². The van der Waals surface area contributed by atoms with Gasteiger partial charge < -0.3 is 10.4 Å². The summed E-state index contributed by atoms with van der Waals surface area (Å²) in [6, 6.07) is 11.3. The first-order valence-corrected chi connectivity index (χ1v) is 6.49. The zero-order valence-electron chi connectivity index (χ0n) is 10.2. The molecule has 0 amide bonds. The quantitative estimate of drug-likeness (QED) is 0.880. The van der Waals surface area contributed by atoms with E-state index in [1.807, 2.05) is 31.3 Å². The molecular formula is C14H18BrNO. The lowest BCUT2D eigenvalue weighted by Gasteiger charge is -1.98. The lowest BCUT2D eigenvalue weighted by Crippen LogP contribution is -2.04. The van der Waals surface area contributed by atoms with Gasteiger partial charge in [-0.3, -0.25) is 0 Å². The smallest absolute Gasteiger partial charge is 0.116 e. The van der Waals surface area contributed by atoms with Crippen LogP contribution in [-0.4, -0.2) is 18.7 Å². The van der Waals surface area contributed by atoms with E-state index in [9.17, 15) is 5.11 Å². The van der Waals surface area contributed by atoms with Crippen LogP contribution in [-0.2, 0) is 0 Å². The van der Waals surface area contributed by atoms with Crippen LogP contribution in [0.25, 0.3) is 10.8 Å². The van der Waals surface area contributed by atoms with Crippen LogP contribution in [0.2, 0.25) is 0 Å². The van der Waals surface area contributed by atoms with Crippen LogP contribution < -0.4 is 5.32 Å². The molecule has 3 heteroatoms. The van der Waals surface area contributed by atoms with E-state index in [0.717, 1.165) is 21.8 Å². The maximum Gasteiger partial charge on any atom is 0.116 e. The summed E-state index contributed by atoms with van der Waals surface area (Å²) in [5.41, 5.74) is 0. The topological polar surface area (TPSA) is 32.3 Å². The van der Waals surface area contributed by atoms with Gasteiger partial charge in [-0.15, -0.1) is 0 Å². The highest BCUT2D eigenvalue weighted by molar-refractivity contribution is 9.10. The molecule has 2 aromatic carbocycles. The van der Waals surface area contributed by atoms with Crippen molar-refractivity contribution in [2.75, 3.05) is 13.6 Å². The maximum atomic E-state index is 9.19. The van der Waals surface area contributed by atoms with Gasteiger partial charge in [0.15, 0.2) is 0 Å². The summed E-state index contributed by atoms with van der Waals surface area (Å²) >= 11 is 3.39. The van der Waals surface area contributed by atoms with Crippen molar-refractivity contribution in [3.05, 3.63) is 40.9 Å². The highest BCUT2D eigenvalue weighted by atomic mass is 79.9. The van der Waals surface area contributed by atoms with Crippen molar-refractivity contribution in [1.82, 2.24) is 5.32 Å². The highest BCUT2D eigenvalue weighted by Gasteiger charge is 1.94. The van der Waals surface area contributed by atoms with Gasteiger partial charge >= 0.3 is 0 Å². The number of rotatable bonds is 2. The molecule has 0 saturated heterocycles. The fraction of sp³-hybridized carbons (Fsp3) is 0.286. The molecule has 92 valence electrons. The maximum absolute atomic E-state index is 9.19. The van der Waals surface area contributed by atoms with E-state index >= 15 is 0 Å². The molecule has 2 nitrogen and oxygen atoms in total. The van der Waals surface area contributed by atoms with E-state index in [0.29, 0.717) is 5.75 Å². The summed E-state index contributed by atoms with van der Waals surface area (Å²) in [7, 11) is 1.96. The van der Waals surface area contributed by atoms with Crippen LogP contribution in [0.4, 0.5) is 0 Å². The largest absolute Gasteiger partial charge is 0.508 e. The summed E-state index contributed by atoms with van der Waals surface area (Å²) in [5, 5.41) is 14.4. The van der Waals surface area contributed by atoms with Gasteiger partial charge in [0.1, 0.15) is 5.75 Å². The molecule has 2 rings (SSSR count). The van der Waals surface area contributed by atoms with Gasteiger partial charge in [0.25, 0.3) is 0 Å². The monoisotopic (exact) mass is 295 g/mol. The zero-order chi connectivity index (χ0) is 12.7. The Hall–Kier alpha value is -1.06. The summed E-state index contributed by atoms with van der Waals surface area (Å²) in [4.78, 5) is 0. The molecule has 0 aliphatic rings. The van der Waals surface area contributed by atoms with Gasteiger partial charge in [-0.1, -0.05) is 35.0 Å². The van der Waals surface area contributed by atoms with Crippen molar-refractivity contribution < 1.29 is 5.11 Å². The Balaban J connectivity index is 0.000000249. The van der Waals surface area contributed by atoms with E-state index in [2.05, 4.69) is 28.2 Å². The molecule has 0 aliphatic heterocycles. The lowest BCUT2D eigenvalue weighted by atomic mass is 10.1. The molecule has 0 aliphatic carbocycles. The molecule has 2 aromatic rings. The number of nitrogens with one attached hydrogen (secondary N) is 1. The van der Waals surface area contributed by atoms with E-state index in [1.54, 1.807) is 12.1 Å². The first kappa shape index (κ1) is 14.0. The van der Waals surface area contributed by atoms with Crippen molar-refractivity contribution in [2.45, 2.75) is 13.3 Å². The number of phenols is 1. The van der Waals surface area contributed by atoms with Gasteiger partial charge in [-0.25, -0.2) is 0 Å². The van der Waals surface area contributed by atoms with Crippen molar-refractivity contribution in [3.8, 4) is 5.75 Å². The lowest BCUT2D eigenvalue weighted by molar-refractivity contribution is 0.476. The van der Waals surface area contributed by atoms with Crippen molar-refractivity contribution in [3.63, 3.8) is 0 Å². The molecule has 0 atom stereocenters. The zero-order valence-corrected chi connectivity index (χ0v) is 11.8. The van der Waals surface area contributed by atoms with Crippen LogP contribution in [0.15, 0.2) is 40.9 Å². The second-order valence-corrected chi connectivity index (χ2v) is 4.70. The minimum absolute atomic E-state index is 0.310. The minimum Gasteiger partial charge on any atom is -0.508 e. The first-order chi connectivity index (χ1) is 8.17. The third kappa shape index (κ3) is 4.75. The Labute approximate surface area is 111 Å². The van der Waals surface area contributed by atoms with E-state index < -0.39 is 0 Å². The van der Waals surface area contributed by atoms with E-state index in [4.69, 9.17) is 0 Å². The van der Waals surface area contributed by atoms with Crippen molar-refractivity contribution in [2.24, 2.45) is 0 Å². The van der Waals surface area contributed by atoms with E-state index in [1.165, 1.54) is 6.42 Å². The highest BCUT2D eigenvalue weighted by Crippen LogP contribution is 2.22. The predicted molar refractivity (Wildman–Crippen MR) is 77.5 cm³/mol. The Kier molecular flexibility index (Phi) is 6.01. The van der Waals surface area contributed by atoms with Gasteiger partial charge in [0.2, 0.25) is 0 Å². The SMILES string of the molecule is CCCNC.Oc1ccc2cc(Br)ccc2c1. The molecule has 0 saturated carbocycles. The minimum atomic E-state index is 0.310. The van der Waals surface area contributed by atoms with Crippen molar-refractivity contribution in [1.29, 1.82) is 0 Å². The summed E-state index contributed by atoms with van der Waals surface area (Å²) in [5.74, 6) is 0.310. The second kappa shape index (κ2) is 7.30. The number of phenolic OH excluding ortho intramolecular Hbond substituents is 1. The standard InChI is InChI=1S/C10H7BrO.C4H11N/c11-9-3-1-8-6-10(12)4-2-7(8)5-9;1-3-4-5-2/h1-6,12H;5H,3-4H2,1-2H3. The molecule has 0 radical (unpaired) electrons. The Morgan fingerprint density at radius 1 is 1.12 bits per heavy atom. The van der Waals surface area contributed by atoms with Crippen LogP contribution in [0, 0.1) is 0 Å². The molecular weight excluding hydrogens is 278 g/mol. The van der Waals surface area contributed by atoms with Crippen LogP contribution in [0.1, 0.15) is 13.3 Å². The molecule has 0 bridgehead atoms. The molecule has 2 N–H and O–H groups in total. The fourth-order valence-electron chi connectivity index (χ4n) is 1.45. The average molecular weight is 296 g/mol. The fourth-order valence-corrected chi connectivity index (χ4v) is 1.83. The number of fused-ring (bicyclic) bond motifs is 1. The van der Waals surface area contributed by atoms with Crippen LogP contribution >= 0.6 is 15.9 Å². The molecule has 0 fully saturated rings. The van der Waals surface area contributed by atoms with Crippen molar-refractivity contribution >= 4 is 26.7 Å². The summed E-state index contributed by atoms with van der Waals surface area (Å²) in [6.45, 7) is 3.29. The number of benzene rings is 2. The molecule has 0 heterocycles. The molecule has 0 unspecified atom stereocenters. The summed E-state index contributed by atoms with van der Waals surface area (Å²) < 4.78 is 1.06. The average Bonchev–Trinajstić information content (AvgIpc) is 2.31. The Bertz CT molecular complexity index is 427. The van der Waals surface area contributed by atoms with Gasteiger partial charge in [0.05, 0.1) is 0 Å². The second-order valence-electron chi connectivity index (χ2n) is 3.78. The third-order valence-corrected chi connectivity index (χ3v) is 2.78. The molecule has 17 heavy (non-hydrogen) atoms. The number of halogens is 1. The normalized spacial score (nSPS) is 9.82. The first-order valence-electron chi connectivity index (χ1n) is 5.70. The van der Waals surface area contributed by atoms with Crippen LogP contribution in [0.3, 0.4) is 0 Å². The predicted octanol–water partition coefficient (Wildman–Crippen LogP) is 3.92. The van der Waals surface area contributed by atoms with Gasteiger partial charge in [-0.2, -0.15) is 0 Å². The third-order valence-electron chi connectivity index (χ3n) is 2.29. The Morgan fingerprint density at radius 3 is 2.35 bits per heavy atom. The van der Waals surface area contributed by atoms with E-state index in [-0.39, 0.29) is 0 Å². The molecule has 0 spiro atoms. The number of hydrogen-bond acceptors (Lipinski definition) is 2. The number of hydrogen-bond donors (Lipinski definition) is 2. The molecule has 0 aromatic heterocycles. The summed E-state index contributed by atoms with van der Waals surface area (Å²) in [6.07, 6.45) is 1.23. The number of aromatic hydroxyl groups is 1.